The molecule has 0 radical (unpaired) electrons. The first-order valence-corrected chi connectivity index (χ1v) is 9.03. The highest BCUT2D eigenvalue weighted by atomic mass is 16.5. The molecule has 0 aromatic carbocycles. The van der Waals surface area contributed by atoms with Crippen molar-refractivity contribution in [1.29, 1.82) is 0 Å². The van der Waals surface area contributed by atoms with Crippen molar-refractivity contribution in [2.75, 3.05) is 11.4 Å². The fourth-order valence-electron chi connectivity index (χ4n) is 3.50. The molecule has 0 bridgehead atoms. The van der Waals surface area contributed by atoms with Gasteiger partial charge in [0.15, 0.2) is 0 Å². The maximum Gasteiger partial charge on any atom is 0.259 e. The molecule has 0 amide bonds. The van der Waals surface area contributed by atoms with Crippen LogP contribution < -0.4 is 4.90 Å². The molecule has 138 valence electrons. The van der Waals surface area contributed by atoms with Crippen LogP contribution in [0.3, 0.4) is 0 Å². The second-order valence-electron chi connectivity index (χ2n) is 6.61. The molecule has 0 atom stereocenters. The minimum absolute atomic E-state index is 0.454. The molecule has 5 rings (SSSR count). The van der Waals surface area contributed by atoms with Crippen molar-refractivity contribution < 1.29 is 4.52 Å². The molecule has 0 aliphatic carbocycles. The minimum Gasteiger partial charge on any atom is -0.336 e. The zero-order valence-corrected chi connectivity index (χ0v) is 15.3. The summed E-state index contributed by atoms with van der Waals surface area (Å²) >= 11 is 0. The molecule has 5 heterocycles. The van der Waals surface area contributed by atoms with Crippen molar-refractivity contribution in [3.63, 3.8) is 0 Å². The zero-order valence-electron chi connectivity index (χ0n) is 15.3. The van der Waals surface area contributed by atoms with Crippen LogP contribution in [0.4, 0.5) is 5.95 Å². The Morgan fingerprint density at radius 2 is 1.93 bits per heavy atom. The monoisotopic (exact) mass is 371 g/mol. The molecule has 8 nitrogen and oxygen atoms in total. The molecule has 4 aromatic heterocycles. The maximum absolute atomic E-state index is 5.48. The van der Waals surface area contributed by atoms with Crippen LogP contribution >= 0.6 is 0 Å². The summed E-state index contributed by atoms with van der Waals surface area (Å²) in [5, 5.41) is 4.22. The van der Waals surface area contributed by atoms with E-state index in [0.717, 1.165) is 41.3 Å². The van der Waals surface area contributed by atoms with Gasteiger partial charge in [-0.25, -0.2) is 9.97 Å². The second kappa shape index (κ2) is 6.80. The van der Waals surface area contributed by atoms with Crippen LogP contribution in [-0.2, 0) is 13.0 Å². The third-order valence-corrected chi connectivity index (χ3v) is 4.85. The number of aromatic nitrogens is 6. The first kappa shape index (κ1) is 16.5. The van der Waals surface area contributed by atoms with E-state index in [-0.39, 0.29) is 0 Å². The van der Waals surface area contributed by atoms with E-state index in [9.17, 15) is 0 Å². The van der Waals surface area contributed by atoms with E-state index in [1.165, 1.54) is 5.56 Å². The lowest BCUT2D eigenvalue weighted by molar-refractivity contribution is 0.432. The Balaban J connectivity index is 1.52. The van der Waals surface area contributed by atoms with Gasteiger partial charge < -0.3 is 9.42 Å². The van der Waals surface area contributed by atoms with Crippen LogP contribution in [0.5, 0.6) is 0 Å². The zero-order chi connectivity index (χ0) is 18.9. The normalized spacial score (nSPS) is 13.4. The highest BCUT2D eigenvalue weighted by Crippen LogP contribution is 2.32. The van der Waals surface area contributed by atoms with E-state index in [4.69, 9.17) is 4.52 Å². The summed E-state index contributed by atoms with van der Waals surface area (Å²) in [4.78, 5) is 24.2. The number of pyridine rings is 2. The number of fused-ring (bicyclic) bond motifs is 1. The van der Waals surface area contributed by atoms with Crippen LogP contribution in [0.1, 0.15) is 16.8 Å². The Morgan fingerprint density at radius 1 is 1.04 bits per heavy atom. The summed E-state index contributed by atoms with van der Waals surface area (Å²) in [6.07, 6.45) is 9.70. The van der Waals surface area contributed by atoms with Crippen LogP contribution in [0.25, 0.3) is 22.8 Å². The number of aryl methyl sites for hydroxylation is 1. The third-order valence-electron chi connectivity index (χ3n) is 4.85. The molecular formula is C20H17N7O. The minimum atomic E-state index is 0.454. The number of hydrogen-bond acceptors (Lipinski definition) is 8. The number of anilines is 1. The SMILES string of the molecule is Cc1ncc2c(c1-c1noc(-c3cccnc3)n1)CCN(c1ncccn1)C2. The highest BCUT2D eigenvalue weighted by Gasteiger charge is 2.25. The molecule has 0 unspecified atom stereocenters. The smallest absolute Gasteiger partial charge is 0.259 e. The molecule has 0 spiro atoms. The van der Waals surface area contributed by atoms with Crippen molar-refractivity contribution in [1.82, 2.24) is 30.1 Å². The fraction of sp³-hybridized carbons (Fsp3) is 0.200. The number of hydrogen-bond donors (Lipinski definition) is 0. The van der Waals surface area contributed by atoms with Crippen LogP contribution in [0.15, 0.2) is 53.7 Å². The lowest BCUT2D eigenvalue weighted by Gasteiger charge is -2.29. The summed E-state index contributed by atoms with van der Waals surface area (Å²) in [6.45, 7) is 3.50. The molecule has 1 aliphatic rings. The van der Waals surface area contributed by atoms with Crippen LogP contribution in [0.2, 0.25) is 0 Å². The van der Waals surface area contributed by atoms with E-state index in [2.05, 4.69) is 35.0 Å². The molecule has 4 aromatic rings. The first-order chi connectivity index (χ1) is 13.8. The van der Waals surface area contributed by atoms with Gasteiger partial charge in [0.1, 0.15) is 0 Å². The molecule has 0 saturated carbocycles. The Bertz CT molecular complexity index is 1110. The van der Waals surface area contributed by atoms with Crippen molar-refractivity contribution in [2.24, 2.45) is 0 Å². The molecule has 8 heteroatoms. The average Bonchev–Trinajstić information content (AvgIpc) is 3.24. The van der Waals surface area contributed by atoms with Gasteiger partial charge in [0.25, 0.3) is 5.89 Å². The van der Waals surface area contributed by atoms with Gasteiger partial charge in [0, 0.05) is 55.3 Å². The van der Waals surface area contributed by atoms with E-state index < -0.39 is 0 Å². The van der Waals surface area contributed by atoms with Crippen LogP contribution in [-0.4, -0.2) is 36.6 Å². The Kier molecular flexibility index (Phi) is 4.01. The second-order valence-corrected chi connectivity index (χ2v) is 6.61. The number of nitrogens with zero attached hydrogens (tertiary/aromatic N) is 7. The molecule has 28 heavy (non-hydrogen) atoms. The molecule has 0 N–H and O–H groups in total. The van der Waals surface area contributed by atoms with E-state index >= 15 is 0 Å². The summed E-state index contributed by atoms with van der Waals surface area (Å²) in [6, 6.07) is 5.56. The standard InChI is InChI=1S/C20H17N7O/c1-13-17(18-25-19(28-26-18)14-4-2-6-21-10-14)16-5-9-27(12-15(16)11-24-13)20-22-7-3-8-23-20/h2-4,6-8,10-11H,5,9,12H2,1H3. The van der Waals surface area contributed by atoms with Crippen molar-refractivity contribution in [3.05, 3.63) is 66.0 Å². The Labute approximate surface area is 161 Å². The largest absolute Gasteiger partial charge is 0.336 e. The third kappa shape index (κ3) is 2.88. The summed E-state index contributed by atoms with van der Waals surface area (Å²) in [5.41, 5.74) is 4.97. The van der Waals surface area contributed by atoms with E-state index in [1.54, 1.807) is 24.8 Å². The lowest BCUT2D eigenvalue weighted by Crippen LogP contribution is -2.32. The molecule has 0 saturated heterocycles. The van der Waals surface area contributed by atoms with Gasteiger partial charge in [-0.15, -0.1) is 0 Å². The van der Waals surface area contributed by atoms with Gasteiger partial charge in [-0.1, -0.05) is 5.16 Å². The van der Waals surface area contributed by atoms with Gasteiger partial charge in [0.2, 0.25) is 11.8 Å². The van der Waals surface area contributed by atoms with Crippen molar-refractivity contribution >= 4 is 5.95 Å². The summed E-state index contributed by atoms with van der Waals surface area (Å²) in [7, 11) is 0. The Hall–Kier alpha value is -3.68. The summed E-state index contributed by atoms with van der Waals surface area (Å²) < 4.78 is 5.48. The molecular weight excluding hydrogens is 354 g/mol. The van der Waals surface area contributed by atoms with Gasteiger partial charge >= 0.3 is 0 Å². The van der Waals surface area contributed by atoms with Gasteiger partial charge in [0.05, 0.1) is 5.56 Å². The topological polar surface area (TPSA) is 93.7 Å². The van der Waals surface area contributed by atoms with E-state index in [0.29, 0.717) is 18.3 Å². The maximum atomic E-state index is 5.48. The first-order valence-electron chi connectivity index (χ1n) is 9.03. The lowest BCUT2D eigenvalue weighted by atomic mass is 9.94. The molecule has 1 aliphatic heterocycles. The van der Waals surface area contributed by atoms with Crippen LogP contribution in [0, 0.1) is 6.92 Å². The Morgan fingerprint density at radius 3 is 2.75 bits per heavy atom. The number of rotatable bonds is 3. The average molecular weight is 371 g/mol. The van der Waals surface area contributed by atoms with Crippen molar-refractivity contribution in [2.45, 2.75) is 19.9 Å². The summed E-state index contributed by atoms with van der Waals surface area (Å²) in [5.74, 6) is 1.74. The van der Waals surface area contributed by atoms with Gasteiger partial charge in [-0.05, 0) is 42.7 Å². The fourth-order valence-corrected chi connectivity index (χ4v) is 3.50. The van der Waals surface area contributed by atoms with E-state index in [1.807, 2.05) is 31.3 Å². The van der Waals surface area contributed by atoms with Crippen molar-refractivity contribution in [3.8, 4) is 22.8 Å². The quantitative estimate of drug-likeness (QED) is 0.543. The predicted molar refractivity (Wildman–Crippen MR) is 102 cm³/mol. The highest BCUT2D eigenvalue weighted by molar-refractivity contribution is 5.67. The predicted octanol–water partition coefficient (Wildman–Crippen LogP) is 2.85. The van der Waals surface area contributed by atoms with Gasteiger partial charge in [-0.2, -0.15) is 4.98 Å². The van der Waals surface area contributed by atoms with Gasteiger partial charge in [-0.3, -0.25) is 9.97 Å². The molecule has 0 fully saturated rings.